The smallest absolute Gasteiger partial charge is 0.408 e. The average molecular weight is 499 g/mol. The lowest BCUT2D eigenvalue weighted by Crippen LogP contribution is -2.54. The molecule has 1 amide bonds. The largest absolute Gasteiger partial charge is 0.420 e. The minimum Gasteiger partial charge on any atom is -0.408 e. The van der Waals surface area contributed by atoms with Crippen LogP contribution in [-0.4, -0.2) is 66.9 Å². The Morgan fingerprint density at radius 1 is 1.03 bits per heavy atom. The fourth-order valence-corrected chi connectivity index (χ4v) is 6.51. The number of rotatable bonds is 5. The lowest BCUT2D eigenvalue weighted by atomic mass is 10.1. The first-order valence-electron chi connectivity index (χ1n) is 12.0. The van der Waals surface area contributed by atoms with Gasteiger partial charge in [-0.3, -0.25) is 9.36 Å². The van der Waals surface area contributed by atoms with E-state index in [1.54, 1.807) is 11.0 Å². The summed E-state index contributed by atoms with van der Waals surface area (Å²) < 4.78 is 33.8. The van der Waals surface area contributed by atoms with Crippen molar-refractivity contribution in [2.45, 2.75) is 44.2 Å². The molecule has 1 atom stereocenters. The average Bonchev–Trinajstić information content (AvgIpc) is 3.48. The molecule has 0 saturated carbocycles. The molecule has 3 aromatic rings. The van der Waals surface area contributed by atoms with Gasteiger partial charge in [-0.15, -0.1) is 0 Å². The third-order valence-electron chi connectivity index (χ3n) is 6.98. The number of amides is 1. The van der Waals surface area contributed by atoms with Crippen molar-refractivity contribution in [3.63, 3.8) is 0 Å². The summed E-state index contributed by atoms with van der Waals surface area (Å²) in [4.78, 5) is 29.8. The molecule has 2 saturated heterocycles. The van der Waals surface area contributed by atoms with Crippen LogP contribution in [0.3, 0.4) is 0 Å². The van der Waals surface area contributed by atoms with Gasteiger partial charge in [-0.05, 0) is 51.0 Å². The lowest BCUT2D eigenvalue weighted by molar-refractivity contribution is -0.132. The highest BCUT2D eigenvalue weighted by Crippen LogP contribution is 2.25. The molecule has 2 aromatic carbocycles. The van der Waals surface area contributed by atoms with Crippen molar-refractivity contribution in [1.82, 2.24) is 13.8 Å². The van der Waals surface area contributed by atoms with E-state index in [0.717, 1.165) is 18.5 Å². The second-order valence-corrected chi connectivity index (χ2v) is 11.4. The van der Waals surface area contributed by atoms with Crippen LogP contribution in [0.2, 0.25) is 0 Å². The highest BCUT2D eigenvalue weighted by molar-refractivity contribution is 7.89. The second kappa shape index (κ2) is 9.16. The van der Waals surface area contributed by atoms with E-state index in [2.05, 4.69) is 43.0 Å². The number of hydrogen-bond acceptors (Lipinski definition) is 6. The number of anilines is 1. The van der Waals surface area contributed by atoms with Crippen molar-refractivity contribution < 1.29 is 17.6 Å². The van der Waals surface area contributed by atoms with Crippen molar-refractivity contribution >= 4 is 32.7 Å². The van der Waals surface area contributed by atoms with Gasteiger partial charge in [0, 0.05) is 50.5 Å². The molecule has 0 radical (unpaired) electrons. The minimum absolute atomic E-state index is 0.0974. The summed E-state index contributed by atoms with van der Waals surface area (Å²) in [6.07, 6.45) is 1.68. The summed E-state index contributed by atoms with van der Waals surface area (Å²) >= 11 is 0. The van der Waals surface area contributed by atoms with Gasteiger partial charge in [0.1, 0.15) is 6.54 Å². The van der Waals surface area contributed by atoms with E-state index in [0.29, 0.717) is 38.2 Å². The van der Waals surface area contributed by atoms with Crippen LogP contribution in [-0.2, 0) is 21.4 Å². The summed E-state index contributed by atoms with van der Waals surface area (Å²) in [5, 5.41) is 0. The number of carbonyl (C=O) groups excluding carboxylic acids is 1. The molecule has 0 bridgehead atoms. The standard InChI is InChI=1S/C25H30N4O5S/c1-18-5-7-20(8-6-18)28-14-13-26(16-19(28)2)24(30)17-29-22-10-9-21(15-23(22)34-25(29)31)35(32,33)27-11-3-4-12-27/h5-10,15,19H,3-4,11-14,16-17H2,1-2H3/t19-/m0/s1. The van der Waals surface area contributed by atoms with Crippen molar-refractivity contribution in [2.24, 2.45) is 0 Å². The summed E-state index contributed by atoms with van der Waals surface area (Å²) in [6.45, 7) is 6.79. The molecule has 5 rings (SSSR count). The molecule has 2 aliphatic heterocycles. The Hall–Kier alpha value is -3.11. The Kier molecular flexibility index (Phi) is 6.18. The van der Waals surface area contributed by atoms with Gasteiger partial charge in [-0.2, -0.15) is 4.31 Å². The van der Waals surface area contributed by atoms with E-state index >= 15 is 0 Å². The van der Waals surface area contributed by atoms with Crippen LogP contribution in [0.5, 0.6) is 0 Å². The Bertz CT molecular complexity index is 1400. The van der Waals surface area contributed by atoms with Gasteiger partial charge in [0.2, 0.25) is 15.9 Å². The molecular weight excluding hydrogens is 468 g/mol. The number of nitrogens with zero attached hydrogens (tertiary/aromatic N) is 4. The molecular formula is C25H30N4O5S. The van der Waals surface area contributed by atoms with Gasteiger partial charge in [0.25, 0.3) is 0 Å². The highest BCUT2D eigenvalue weighted by atomic mass is 32.2. The molecule has 2 aliphatic rings. The topological polar surface area (TPSA) is 96.1 Å². The Morgan fingerprint density at radius 2 is 1.74 bits per heavy atom. The second-order valence-electron chi connectivity index (χ2n) is 9.41. The third-order valence-corrected chi connectivity index (χ3v) is 8.88. The van der Waals surface area contributed by atoms with Crippen LogP contribution in [0.4, 0.5) is 5.69 Å². The zero-order valence-electron chi connectivity index (χ0n) is 20.0. The maximum atomic E-state index is 13.1. The van der Waals surface area contributed by atoms with Crippen molar-refractivity contribution in [1.29, 1.82) is 0 Å². The molecule has 3 heterocycles. The molecule has 0 unspecified atom stereocenters. The van der Waals surface area contributed by atoms with Crippen molar-refractivity contribution in [2.75, 3.05) is 37.6 Å². The van der Waals surface area contributed by atoms with Gasteiger partial charge in [0.05, 0.1) is 10.4 Å². The number of sulfonamides is 1. The monoisotopic (exact) mass is 498 g/mol. The normalized spacial score (nSPS) is 19.5. The van der Waals surface area contributed by atoms with Gasteiger partial charge < -0.3 is 14.2 Å². The molecule has 186 valence electrons. The number of hydrogen-bond donors (Lipinski definition) is 0. The lowest BCUT2D eigenvalue weighted by Gasteiger charge is -2.41. The van der Waals surface area contributed by atoms with E-state index in [4.69, 9.17) is 4.42 Å². The number of aromatic nitrogens is 1. The first-order chi connectivity index (χ1) is 16.7. The molecule has 0 aliphatic carbocycles. The van der Waals surface area contributed by atoms with E-state index in [9.17, 15) is 18.0 Å². The van der Waals surface area contributed by atoms with E-state index in [-0.39, 0.29) is 29.0 Å². The van der Waals surface area contributed by atoms with Crippen molar-refractivity contribution in [3.05, 3.63) is 58.6 Å². The van der Waals surface area contributed by atoms with Gasteiger partial charge in [-0.1, -0.05) is 17.7 Å². The third kappa shape index (κ3) is 4.48. The Balaban J connectivity index is 1.31. The van der Waals surface area contributed by atoms with Crippen molar-refractivity contribution in [3.8, 4) is 0 Å². The van der Waals surface area contributed by atoms with E-state index in [1.165, 1.54) is 26.6 Å². The molecule has 9 nitrogen and oxygen atoms in total. The Morgan fingerprint density at radius 3 is 2.43 bits per heavy atom. The molecule has 0 spiro atoms. The maximum absolute atomic E-state index is 13.1. The van der Waals surface area contributed by atoms with Crippen LogP contribution < -0.4 is 10.7 Å². The molecule has 0 N–H and O–H groups in total. The highest BCUT2D eigenvalue weighted by Gasteiger charge is 2.30. The number of carbonyl (C=O) groups is 1. The summed E-state index contributed by atoms with van der Waals surface area (Å²) in [5.41, 5.74) is 2.91. The number of piperazine rings is 1. The molecule has 2 fully saturated rings. The van der Waals surface area contributed by atoms with E-state index in [1.807, 2.05) is 0 Å². The number of fused-ring (bicyclic) bond motifs is 1. The summed E-state index contributed by atoms with van der Waals surface area (Å²) in [5.74, 6) is -0.839. The first-order valence-corrected chi connectivity index (χ1v) is 13.4. The maximum Gasteiger partial charge on any atom is 0.420 e. The SMILES string of the molecule is Cc1ccc(N2CCN(C(=O)Cn3c(=O)oc4cc(S(=O)(=O)N5CCCC5)ccc43)C[C@@H]2C)cc1. The fraction of sp³-hybridized carbons (Fsp3) is 0.440. The zero-order chi connectivity index (χ0) is 24.7. The van der Waals surface area contributed by atoms with Crippen LogP contribution in [0.1, 0.15) is 25.3 Å². The number of oxazole rings is 1. The van der Waals surface area contributed by atoms with Crippen LogP contribution in [0.15, 0.2) is 56.6 Å². The minimum atomic E-state index is -3.63. The molecule has 35 heavy (non-hydrogen) atoms. The first kappa shape index (κ1) is 23.6. The zero-order valence-corrected chi connectivity index (χ0v) is 20.8. The van der Waals surface area contributed by atoms with E-state index < -0.39 is 15.8 Å². The van der Waals surface area contributed by atoms with Gasteiger partial charge in [0.15, 0.2) is 5.58 Å². The number of aryl methyl sites for hydroxylation is 1. The van der Waals surface area contributed by atoms with Crippen LogP contribution in [0.25, 0.3) is 11.1 Å². The Labute approximate surface area is 204 Å². The number of benzene rings is 2. The summed E-state index contributed by atoms with van der Waals surface area (Å²) in [6, 6.07) is 12.9. The fourth-order valence-electron chi connectivity index (χ4n) is 4.97. The predicted molar refractivity (Wildman–Crippen MR) is 133 cm³/mol. The quantitative estimate of drug-likeness (QED) is 0.536. The van der Waals surface area contributed by atoms with Gasteiger partial charge in [-0.25, -0.2) is 13.2 Å². The molecule has 1 aromatic heterocycles. The van der Waals surface area contributed by atoms with Gasteiger partial charge >= 0.3 is 5.76 Å². The molecule has 10 heteroatoms. The predicted octanol–water partition coefficient (Wildman–Crippen LogP) is 2.42. The summed E-state index contributed by atoms with van der Waals surface area (Å²) in [7, 11) is -3.63. The van der Waals surface area contributed by atoms with Crippen LogP contribution in [0, 0.1) is 6.92 Å². The van der Waals surface area contributed by atoms with Crippen LogP contribution >= 0.6 is 0 Å².